The normalized spacial score (nSPS) is 14.6. The summed E-state index contributed by atoms with van der Waals surface area (Å²) in [5.74, 6) is 1.77. The number of hydrogen-bond donors (Lipinski definition) is 1. The number of aryl methyl sites for hydroxylation is 1. The molecule has 1 fully saturated rings. The van der Waals surface area contributed by atoms with Gasteiger partial charge in [0.25, 0.3) is 0 Å². The van der Waals surface area contributed by atoms with Crippen LogP contribution in [0.5, 0.6) is 0 Å². The van der Waals surface area contributed by atoms with Crippen LogP contribution < -0.4 is 4.90 Å². The second kappa shape index (κ2) is 6.33. The summed E-state index contributed by atoms with van der Waals surface area (Å²) >= 11 is 0. The van der Waals surface area contributed by atoms with E-state index >= 15 is 0 Å². The number of fused-ring (bicyclic) bond motifs is 2. The maximum Gasteiger partial charge on any atom is 0.227 e. The lowest BCUT2D eigenvalue weighted by Gasteiger charge is -2.44. The number of aromatic amines is 1. The van der Waals surface area contributed by atoms with Crippen molar-refractivity contribution in [2.24, 2.45) is 0 Å². The lowest BCUT2D eigenvalue weighted by molar-refractivity contribution is -0.131. The standard InChI is InChI=1S/C20H21N7O/c1-13-22-23-18-7-8-19(24-27(13)18)26-11-15(12-26)25(2)20(28)9-14-10-21-17-6-4-3-5-16(14)17/h3-8,10,15,21H,9,11-12H2,1-2H3. The first-order valence-corrected chi connectivity index (χ1v) is 9.35. The van der Waals surface area contributed by atoms with Gasteiger partial charge in [0.2, 0.25) is 5.91 Å². The molecule has 3 aromatic heterocycles. The van der Waals surface area contributed by atoms with Crippen LogP contribution in [0, 0.1) is 6.92 Å². The average Bonchev–Trinajstić information content (AvgIpc) is 3.24. The van der Waals surface area contributed by atoms with Crippen LogP contribution in [-0.2, 0) is 11.2 Å². The molecule has 8 nitrogen and oxygen atoms in total. The molecule has 1 aliphatic heterocycles. The Kier molecular flexibility index (Phi) is 3.78. The second-order valence-electron chi connectivity index (χ2n) is 7.31. The molecule has 0 unspecified atom stereocenters. The topological polar surface area (TPSA) is 82.4 Å². The fourth-order valence-electron chi connectivity index (χ4n) is 3.71. The highest BCUT2D eigenvalue weighted by Crippen LogP contribution is 2.23. The summed E-state index contributed by atoms with van der Waals surface area (Å²) < 4.78 is 1.74. The molecule has 1 amide bonds. The number of carbonyl (C=O) groups is 1. The number of nitrogens with zero attached hydrogens (tertiary/aromatic N) is 6. The molecular weight excluding hydrogens is 354 g/mol. The van der Waals surface area contributed by atoms with Crippen molar-refractivity contribution in [1.82, 2.24) is 29.7 Å². The van der Waals surface area contributed by atoms with Gasteiger partial charge < -0.3 is 14.8 Å². The Labute approximate surface area is 161 Å². The number of amides is 1. The number of likely N-dealkylation sites (N-methyl/N-ethyl adjacent to an activating group) is 1. The van der Waals surface area contributed by atoms with Crippen molar-refractivity contribution in [2.75, 3.05) is 25.0 Å². The summed E-state index contributed by atoms with van der Waals surface area (Å²) in [6, 6.07) is 12.1. The van der Waals surface area contributed by atoms with Crippen LogP contribution in [0.25, 0.3) is 16.6 Å². The van der Waals surface area contributed by atoms with Gasteiger partial charge in [-0.2, -0.15) is 4.52 Å². The lowest BCUT2D eigenvalue weighted by atomic mass is 10.1. The van der Waals surface area contributed by atoms with Gasteiger partial charge in [0.1, 0.15) is 5.82 Å². The highest BCUT2D eigenvalue weighted by molar-refractivity contribution is 5.89. The van der Waals surface area contributed by atoms with Crippen molar-refractivity contribution in [1.29, 1.82) is 0 Å². The lowest BCUT2D eigenvalue weighted by Crippen LogP contribution is -2.60. The summed E-state index contributed by atoms with van der Waals surface area (Å²) in [4.78, 5) is 20.0. The fraction of sp³-hybridized carbons (Fsp3) is 0.300. The zero-order valence-electron chi connectivity index (χ0n) is 15.8. The van der Waals surface area contributed by atoms with E-state index in [1.54, 1.807) is 4.52 Å². The van der Waals surface area contributed by atoms with Crippen LogP contribution in [0.4, 0.5) is 5.82 Å². The number of carbonyl (C=O) groups excluding carboxylic acids is 1. The van der Waals surface area contributed by atoms with E-state index in [4.69, 9.17) is 0 Å². The van der Waals surface area contributed by atoms with Gasteiger partial charge in [-0.3, -0.25) is 4.79 Å². The third-order valence-electron chi connectivity index (χ3n) is 5.55. The number of aromatic nitrogens is 5. The van der Waals surface area contributed by atoms with Gasteiger partial charge in [-0.25, -0.2) is 0 Å². The molecule has 5 rings (SSSR count). The van der Waals surface area contributed by atoms with E-state index in [-0.39, 0.29) is 11.9 Å². The van der Waals surface area contributed by atoms with E-state index in [0.29, 0.717) is 6.42 Å². The van der Waals surface area contributed by atoms with E-state index in [2.05, 4.69) is 25.2 Å². The van der Waals surface area contributed by atoms with Crippen molar-refractivity contribution >= 4 is 28.3 Å². The summed E-state index contributed by atoms with van der Waals surface area (Å²) in [6.45, 7) is 3.43. The second-order valence-corrected chi connectivity index (χ2v) is 7.31. The smallest absolute Gasteiger partial charge is 0.227 e. The first-order chi connectivity index (χ1) is 13.6. The molecular formula is C20H21N7O. The Morgan fingerprint density at radius 2 is 2.04 bits per heavy atom. The van der Waals surface area contributed by atoms with Crippen molar-refractivity contribution < 1.29 is 4.79 Å². The van der Waals surface area contributed by atoms with Gasteiger partial charge in [-0.15, -0.1) is 15.3 Å². The number of nitrogens with one attached hydrogen (secondary N) is 1. The maximum atomic E-state index is 12.8. The number of hydrogen-bond acceptors (Lipinski definition) is 5. The number of para-hydroxylation sites is 1. The predicted octanol–water partition coefficient (Wildman–Crippen LogP) is 1.80. The summed E-state index contributed by atoms with van der Waals surface area (Å²) in [5, 5.41) is 13.8. The fourth-order valence-corrected chi connectivity index (χ4v) is 3.71. The van der Waals surface area contributed by atoms with Gasteiger partial charge >= 0.3 is 0 Å². The van der Waals surface area contributed by atoms with Gasteiger partial charge in [0.05, 0.1) is 12.5 Å². The Bertz CT molecular complexity index is 1170. The van der Waals surface area contributed by atoms with Crippen molar-refractivity contribution in [3.8, 4) is 0 Å². The summed E-state index contributed by atoms with van der Waals surface area (Å²) in [6.07, 6.45) is 2.34. The molecule has 8 heteroatoms. The monoisotopic (exact) mass is 375 g/mol. The Morgan fingerprint density at radius 1 is 1.21 bits per heavy atom. The van der Waals surface area contributed by atoms with Gasteiger partial charge in [-0.1, -0.05) is 18.2 Å². The Morgan fingerprint density at radius 3 is 2.89 bits per heavy atom. The number of rotatable bonds is 4. The molecule has 0 spiro atoms. The largest absolute Gasteiger partial charge is 0.361 e. The third kappa shape index (κ3) is 2.69. The van der Waals surface area contributed by atoms with E-state index in [1.165, 1.54) is 0 Å². The first-order valence-electron chi connectivity index (χ1n) is 9.35. The zero-order chi connectivity index (χ0) is 19.3. The van der Waals surface area contributed by atoms with E-state index in [9.17, 15) is 4.79 Å². The summed E-state index contributed by atoms with van der Waals surface area (Å²) in [7, 11) is 1.89. The molecule has 142 valence electrons. The molecule has 0 bridgehead atoms. The predicted molar refractivity (Wildman–Crippen MR) is 106 cm³/mol. The molecule has 0 saturated carbocycles. The van der Waals surface area contributed by atoms with Crippen molar-refractivity contribution in [2.45, 2.75) is 19.4 Å². The molecule has 0 aliphatic carbocycles. The first kappa shape index (κ1) is 16.7. The van der Waals surface area contributed by atoms with E-state index < -0.39 is 0 Å². The molecule has 4 heterocycles. The van der Waals surface area contributed by atoms with Crippen LogP contribution in [0.2, 0.25) is 0 Å². The maximum absolute atomic E-state index is 12.8. The number of benzene rings is 1. The third-order valence-corrected chi connectivity index (χ3v) is 5.55. The van der Waals surface area contributed by atoms with Crippen LogP contribution in [0.1, 0.15) is 11.4 Å². The van der Waals surface area contributed by atoms with Gasteiger partial charge in [0, 0.05) is 37.2 Å². The molecule has 0 radical (unpaired) electrons. The van der Waals surface area contributed by atoms with Crippen LogP contribution >= 0.6 is 0 Å². The molecule has 1 aromatic carbocycles. The van der Waals surface area contributed by atoms with Crippen molar-refractivity contribution in [3.63, 3.8) is 0 Å². The van der Waals surface area contributed by atoms with Crippen LogP contribution in [0.3, 0.4) is 0 Å². The molecule has 0 atom stereocenters. The summed E-state index contributed by atoms with van der Waals surface area (Å²) in [5.41, 5.74) is 2.84. The minimum absolute atomic E-state index is 0.132. The van der Waals surface area contributed by atoms with E-state index in [1.807, 2.05) is 61.5 Å². The quantitative estimate of drug-likeness (QED) is 0.588. The zero-order valence-corrected chi connectivity index (χ0v) is 15.8. The Hall–Kier alpha value is -3.42. The minimum Gasteiger partial charge on any atom is -0.361 e. The molecule has 1 N–H and O–H groups in total. The van der Waals surface area contributed by atoms with Crippen LogP contribution in [0.15, 0.2) is 42.6 Å². The average molecular weight is 375 g/mol. The van der Waals surface area contributed by atoms with E-state index in [0.717, 1.165) is 46.8 Å². The minimum atomic E-state index is 0.132. The Balaban J connectivity index is 1.25. The highest BCUT2D eigenvalue weighted by Gasteiger charge is 2.33. The molecule has 28 heavy (non-hydrogen) atoms. The molecule has 4 aromatic rings. The molecule has 1 aliphatic rings. The van der Waals surface area contributed by atoms with Gasteiger partial charge in [0.15, 0.2) is 11.5 Å². The number of H-pyrrole nitrogens is 1. The SMILES string of the molecule is Cc1nnc2ccc(N3CC(N(C)C(=O)Cc4c[nH]c5ccccc45)C3)nn12. The van der Waals surface area contributed by atoms with Crippen molar-refractivity contribution in [3.05, 3.63) is 54.0 Å². The van der Waals surface area contributed by atoms with Crippen LogP contribution in [-0.4, -0.2) is 61.8 Å². The molecule has 1 saturated heterocycles. The number of anilines is 1. The van der Waals surface area contributed by atoms with Gasteiger partial charge in [-0.05, 0) is 30.7 Å². The highest BCUT2D eigenvalue weighted by atomic mass is 16.2.